The molecule has 7 heteroatoms. The van der Waals surface area contributed by atoms with E-state index in [0.29, 0.717) is 24.0 Å². The van der Waals surface area contributed by atoms with Crippen LogP contribution in [0.15, 0.2) is 36.4 Å². The Hall–Kier alpha value is -2.57. The van der Waals surface area contributed by atoms with Crippen molar-refractivity contribution in [2.24, 2.45) is 5.92 Å². The summed E-state index contributed by atoms with van der Waals surface area (Å²) >= 11 is 6.62. The second-order valence-corrected chi connectivity index (χ2v) is 9.74. The van der Waals surface area contributed by atoms with E-state index in [9.17, 15) is 0 Å². The van der Waals surface area contributed by atoms with Crippen LogP contribution in [0.1, 0.15) is 24.6 Å². The Labute approximate surface area is 193 Å². The van der Waals surface area contributed by atoms with Crippen molar-refractivity contribution in [3.63, 3.8) is 0 Å². The number of benzene rings is 2. The highest BCUT2D eigenvalue weighted by Crippen LogP contribution is 2.38. The first-order chi connectivity index (χ1) is 15.6. The van der Waals surface area contributed by atoms with Crippen molar-refractivity contribution in [3.8, 4) is 6.01 Å². The fourth-order valence-electron chi connectivity index (χ4n) is 5.75. The summed E-state index contributed by atoms with van der Waals surface area (Å²) < 4.78 is 5.53. The highest BCUT2D eigenvalue weighted by atomic mass is 35.5. The van der Waals surface area contributed by atoms with E-state index in [1.165, 1.54) is 12.0 Å². The van der Waals surface area contributed by atoms with Crippen LogP contribution in [0, 0.1) is 5.92 Å². The molecule has 0 radical (unpaired) electrons. The molecule has 3 aromatic rings. The van der Waals surface area contributed by atoms with E-state index in [0.717, 1.165) is 65.6 Å². The second kappa shape index (κ2) is 7.78. The van der Waals surface area contributed by atoms with Crippen LogP contribution in [0.5, 0.6) is 6.01 Å². The lowest BCUT2D eigenvalue weighted by Crippen LogP contribution is -2.52. The molecule has 0 saturated carbocycles. The maximum atomic E-state index is 6.62. The molecule has 1 aromatic heterocycles. The van der Waals surface area contributed by atoms with Crippen LogP contribution < -0.4 is 19.9 Å². The van der Waals surface area contributed by atoms with Crippen LogP contribution in [0.25, 0.3) is 10.8 Å². The fourth-order valence-corrected chi connectivity index (χ4v) is 6.02. The van der Waals surface area contributed by atoms with E-state index >= 15 is 0 Å². The first kappa shape index (κ1) is 20.1. The van der Waals surface area contributed by atoms with Gasteiger partial charge in [-0.3, -0.25) is 0 Å². The maximum absolute atomic E-state index is 6.62. The maximum Gasteiger partial charge on any atom is 0.318 e. The molecule has 32 heavy (non-hydrogen) atoms. The lowest BCUT2D eigenvalue weighted by Gasteiger charge is -2.38. The standard InChI is InChI=1S/C25H28ClN5O/c1-15-11-17-12-31(13-20(15)27-17)24-18-9-10-30(14-21(18)28-25(29-24)32-2)22-8-4-6-16-5-3-7-19(26)23(16)22/h3-8,15,17,20,27H,9-14H2,1-2H3/t15-,17+,20+/m0/s1. The van der Waals surface area contributed by atoms with Gasteiger partial charge in [0.2, 0.25) is 0 Å². The van der Waals surface area contributed by atoms with Crippen molar-refractivity contribution in [2.45, 2.75) is 38.4 Å². The van der Waals surface area contributed by atoms with Crippen molar-refractivity contribution in [3.05, 3.63) is 52.7 Å². The van der Waals surface area contributed by atoms with Crippen molar-refractivity contribution < 1.29 is 4.74 Å². The molecule has 2 saturated heterocycles. The average Bonchev–Trinajstić information content (AvgIpc) is 3.08. The Morgan fingerprint density at radius 2 is 1.94 bits per heavy atom. The number of nitrogens with zero attached hydrogens (tertiary/aromatic N) is 4. The zero-order chi connectivity index (χ0) is 21.8. The number of aromatic nitrogens is 2. The minimum absolute atomic E-state index is 0.454. The van der Waals surface area contributed by atoms with Crippen molar-refractivity contribution >= 4 is 33.9 Å². The van der Waals surface area contributed by atoms with Gasteiger partial charge in [-0.25, -0.2) is 0 Å². The Bertz CT molecular complexity index is 1180. The zero-order valence-electron chi connectivity index (χ0n) is 18.5. The summed E-state index contributed by atoms with van der Waals surface area (Å²) in [5.41, 5.74) is 3.48. The molecule has 2 fully saturated rings. The summed E-state index contributed by atoms with van der Waals surface area (Å²) in [6, 6.07) is 14.0. The van der Waals surface area contributed by atoms with E-state index in [1.807, 2.05) is 12.1 Å². The zero-order valence-corrected chi connectivity index (χ0v) is 19.3. The molecule has 6 nitrogen and oxygen atoms in total. The van der Waals surface area contributed by atoms with Gasteiger partial charge in [0.05, 0.1) is 24.4 Å². The number of ether oxygens (including phenoxy) is 1. The number of halogens is 1. The van der Waals surface area contributed by atoms with Gasteiger partial charge in [-0.05, 0) is 36.3 Å². The van der Waals surface area contributed by atoms with Gasteiger partial charge in [0.1, 0.15) is 5.82 Å². The SMILES string of the molecule is COc1nc2c(c(N3C[C@H]4C[C@H](C)[C@@H](C3)N4)n1)CCN(c1cccc3cccc(Cl)c13)C2. The molecule has 1 N–H and O–H groups in total. The molecule has 0 unspecified atom stereocenters. The molecular formula is C25H28ClN5O. The average molecular weight is 450 g/mol. The lowest BCUT2D eigenvalue weighted by molar-refractivity contribution is 0.374. The summed E-state index contributed by atoms with van der Waals surface area (Å²) in [7, 11) is 1.65. The highest BCUT2D eigenvalue weighted by Gasteiger charge is 2.39. The number of rotatable bonds is 3. The first-order valence-corrected chi connectivity index (χ1v) is 11.9. The summed E-state index contributed by atoms with van der Waals surface area (Å²) in [6.45, 7) is 5.98. The number of hydrogen-bond acceptors (Lipinski definition) is 6. The molecule has 3 aliphatic rings. The van der Waals surface area contributed by atoms with Crippen molar-refractivity contribution in [1.82, 2.24) is 15.3 Å². The summed E-state index contributed by atoms with van der Waals surface area (Å²) in [5, 5.41) is 6.81. The third kappa shape index (κ3) is 3.28. The van der Waals surface area contributed by atoms with Crippen LogP contribution >= 0.6 is 11.6 Å². The van der Waals surface area contributed by atoms with Gasteiger partial charge in [0, 0.05) is 48.4 Å². The molecule has 2 aromatic carbocycles. The van der Waals surface area contributed by atoms with Crippen LogP contribution in [0.2, 0.25) is 5.02 Å². The number of nitrogens with one attached hydrogen (secondary N) is 1. The topological polar surface area (TPSA) is 53.5 Å². The van der Waals surface area contributed by atoms with Crippen LogP contribution in [0.3, 0.4) is 0 Å². The first-order valence-electron chi connectivity index (χ1n) is 11.5. The molecule has 6 rings (SSSR count). The summed E-state index contributed by atoms with van der Waals surface area (Å²) in [6.07, 6.45) is 2.14. The largest absolute Gasteiger partial charge is 0.467 e. The van der Waals surface area contributed by atoms with Crippen LogP contribution in [0.4, 0.5) is 11.5 Å². The molecule has 3 aliphatic heterocycles. The highest BCUT2D eigenvalue weighted by molar-refractivity contribution is 6.36. The van der Waals surface area contributed by atoms with E-state index in [1.54, 1.807) is 7.11 Å². The third-order valence-electron chi connectivity index (χ3n) is 7.33. The van der Waals surface area contributed by atoms with E-state index in [-0.39, 0.29) is 0 Å². The minimum atomic E-state index is 0.454. The third-order valence-corrected chi connectivity index (χ3v) is 7.64. The Kier molecular flexibility index (Phi) is 4.88. The fraction of sp³-hybridized carbons (Fsp3) is 0.440. The minimum Gasteiger partial charge on any atom is -0.467 e. The van der Waals surface area contributed by atoms with Crippen molar-refractivity contribution in [1.29, 1.82) is 0 Å². The monoisotopic (exact) mass is 449 g/mol. The summed E-state index contributed by atoms with van der Waals surface area (Å²) in [5.74, 6) is 1.77. The Morgan fingerprint density at radius 1 is 1.09 bits per heavy atom. The smallest absolute Gasteiger partial charge is 0.318 e. The van der Waals surface area contributed by atoms with Gasteiger partial charge in [0.15, 0.2) is 0 Å². The van der Waals surface area contributed by atoms with Gasteiger partial charge in [0.25, 0.3) is 0 Å². The molecular weight excluding hydrogens is 422 g/mol. The quantitative estimate of drug-likeness (QED) is 0.651. The normalized spacial score (nSPS) is 24.7. The Morgan fingerprint density at radius 3 is 2.75 bits per heavy atom. The van der Waals surface area contributed by atoms with Crippen LogP contribution in [-0.2, 0) is 13.0 Å². The van der Waals surface area contributed by atoms with E-state index in [4.69, 9.17) is 26.3 Å². The van der Waals surface area contributed by atoms with E-state index in [2.05, 4.69) is 46.3 Å². The molecule has 0 aliphatic carbocycles. The number of fused-ring (bicyclic) bond motifs is 4. The van der Waals surface area contributed by atoms with E-state index < -0.39 is 0 Å². The van der Waals surface area contributed by atoms with Gasteiger partial charge in [-0.15, -0.1) is 0 Å². The van der Waals surface area contributed by atoms with Crippen LogP contribution in [-0.4, -0.2) is 48.8 Å². The summed E-state index contributed by atoms with van der Waals surface area (Å²) in [4.78, 5) is 14.5. The molecule has 0 amide bonds. The Balaban J connectivity index is 1.37. The van der Waals surface area contributed by atoms with Gasteiger partial charge in [-0.1, -0.05) is 42.8 Å². The van der Waals surface area contributed by atoms with Gasteiger partial charge in [-0.2, -0.15) is 9.97 Å². The molecule has 166 valence electrons. The number of anilines is 2. The molecule has 3 atom stereocenters. The molecule has 2 bridgehead atoms. The lowest BCUT2D eigenvalue weighted by atomic mass is 10.0. The number of hydrogen-bond donors (Lipinski definition) is 1. The predicted molar refractivity (Wildman–Crippen MR) is 129 cm³/mol. The van der Waals surface area contributed by atoms with Crippen molar-refractivity contribution in [2.75, 3.05) is 36.5 Å². The molecule has 4 heterocycles. The molecule has 0 spiro atoms. The van der Waals surface area contributed by atoms with Gasteiger partial charge >= 0.3 is 6.01 Å². The number of piperazine rings is 1. The predicted octanol–water partition coefficient (Wildman–Crippen LogP) is 4.04. The second-order valence-electron chi connectivity index (χ2n) is 9.33. The van der Waals surface area contributed by atoms with Gasteiger partial charge < -0.3 is 19.9 Å². The number of methoxy groups -OCH3 is 1.